The molecule has 1 saturated heterocycles. The Morgan fingerprint density at radius 1 is 1.24 bits per heavy atom. The molecule has 0 bridgehead atoms. The molecular formula is C14H19FN2. The Labute approximate surface area is 102 Å². The molecule has 92 valence electrons. The van der Waals surface area contributed by atoms with Crippen LogP contribution in [0, 0.1) is 0 Å². The summed E-state index contributed by atoms with van der Waals surface area (Å²) in [6.45, 7) is 2.41. The second-order valence-electron chi connectivity index (χ2n) is 4.34. The lowest BCUT2D eigenvalue weighted by atomic mass is 10.1. The third-order valence-corrected chi connectivity index (χ3v) is 2.97. The molecular weight excluding hydrogens is 215 g/mol. The minimum absolute atomic E-state index is 0.604. The van der Waals surface area contributed by atoms with Gasteiger partial charge >= 0.3 is 0 Å². The number of piperidine rings is 1. The van der Waals surface area contributed by atoms with Crippen LogP contribution in [0.15, 0.2) is 36.4 Å². The highest BCUT2D eigenvalue weighted by Gasteiger charge is 2.16. The molecule has 1 aromatic rings. The number of nitrogens with one attached hydrogen (secondary N) is 1. The fraction of sp³-hybridized carbons (Fsp3) is 0.429. The molecule has 1 aliphatic rings. The molecule has 2 rings (SSSR count). The van der Waals surface area contributed by atoms with Gasteiger partial charge in [0.15, 0.2) is 0 Å². The molecule has 1 aliphatic heterocycles. The van der Waals surface area contributed by atoms with Crippen molar-refractivity contribution in [2.45, 2.75) is 19.0 Å². The van der Waals surface area contributed by atoms with E-state index >= 15 is 0 Å². The van der Waals surface area contributed by atoms with Crippen LogP contribution in [-0.4, -0.2) is 30.8 Å². The van der Waals surface area contributed by atoms with Gasteiger partial charge in [-0.05, 0) is 18.4 Å². The van der Waals surface area contributed by atoms with Crippen molar-refractivity contribution >= 4 is 6.08 Å². The van der Waals surface area contributed by atoms with Gasteiger partial charge in [0, 0.05) is 19.6 Å². The first-order valence-corrected chi connectivity index (χ1v) is 6.19. The van der Waals surface area contributed by atoms with Crippen molar-refractivity contribution in [3.63, 3.8) is 0 Å². The Morgan fingerprint density at radius 3 is 2.65 bits per heavy atom. The van der Waals surface area contributed by atoms with E-state index in [9.17, 15) is 4.39 Å². The Balaban J connectivity index is 1.68. The summed E-state index contributed by atoms with van der Waals surface area (Å²) in [4.78, 5) is 0. The zero-order valence-electron chi connectivity index (χ0n) is 9.98. The van der Waals surface area contributed by atoms with Crippen molar-refractivity contribution in [2.75, 3.05) is 19.6 Å². The Hall–Kier alpha value is -1.19. The maximum atomic E-state index is 12.9. The minimum Gasteiger partial charge on any atom is -0.251 e. The monoisotopic (exact) mass is 234 g/mol. The fourth-order valence-electron chi connectivity index (χ4n) is 1.95. The number of hydrazine groups is 1. The summed E-state index contributed by atoms with van der Waals surface area (Å²) >= 11 is 0. The fourth-order valence-corrected chi connectivity index (χ4v) is 1.95. The first-order valence-electron chi connectivity index (χ1n) is 6.19. The molecule has 3 heteroatoms. The van der Waals surface area contributed by atoms with Crippen molar-refractivity contribution in [1.82, 2.24) is 10.4 Å². The highest BCUT2D eigenvalue weighted by Crippen LogP contribution is 2.10. The molecule has 1 fully saturated rings. The van der Waals surface area contributed by atoms with Gasteiger partial charge in [-0.2, -0.15) is 0 Å². The number of nitrogens with zero attached hydrogens (tertiary/aromatic N) is 1. The van der Waals surface area contributed by atoms with E-state index in [0.29, 0.717) is 12.8 Å². The molecule has 1 heterocycles. The van der Waals surface area contributed by atoms with E-state index in [4.69, 9.17) is 0 Å². The maximum Gasteiger partial charge on any atom is 0.103 e. The van der Waals surface area contributed by atoms with Crippen LogP contribution in [0.2, 0.25) is 0 Å². The number of benzene rings is 1. The van der Waals surface area contributed by atoms with Crippen LogP contribution >= 0.6 is 0 Å². The molecule has 0 aliphatic carbocycles. The number of rotatable bonds is 4. The number of alkyl halides is 1. The maximum absolute atomic E-state index is 12.9. The van der Waals surface area contributed by atoms with Gasteiger partial charge in [0.1, 0.15) is 6.17 Å². The van der Waals surface area contributed by atoms with Crippen LogP contribution in [-0.2, 0) is 0 Å². The molecule has 0 spiro atoms. The van der Waals surface area contributed by atoms with Gasteiger partial charge in [0.05, 0.1) is 0 Å². The molecule has 0 radical (unpaired) electrons. The summed E-state index contributed by atoms with van der Waals surface area (Å²) in [5, 5.41) is 2.10. The average Bonchev–Trinajstić information content (AvgIpc) is 2.38. The molecule has 0 aromatic heterocycles. The van der Waals surface area contributed by atoms with E-state index < -0.39 is 6.17 Å². The lowest BCUT2D eigenvalue weighted by Crippen LogP contribution is -2.44. The SMILES string of the molecule is FC1CCN(NCC=Cc2ccccc2)CC1. The normalized spacial score (nSPS) is 18.9. The van der Waals surface area contributed by atoms with Crippen LogP contribution in [0.25, 0.3) is 6.08 Å². The van der Waals surface area contributed by atoms with Crippen molar-refractivity contribution < 1.29 is 4.39 Å². The van der Waals surface area contributed by atoms with Gasteiger partial charge in [-0.1, -0.05) is 42.5 Å². The van der Waals surface area contributed by atoms with Crippen molar-refractivity contribution in [1.29, 1.82) is 0 Å². The lowest BCUT2D eigenvalue weighted by Gasteiger charge is -2.28. The average molecular weight is 234 g/mol. The van der Waals surface area contributed by atoms with Gasteiger partial charge < -0.3 is 0 Å². The highest BCUT2D eigenvalue weighted by atomic mass is 19.1. The Morgan fingerprint density at radius 2 is 1.94 bits per heavy atom. The minimum atomic E-state index is -0.604. The van der Waals surface area contributed by atoms with E-state index in [0.717, 1.165) is 19.6 Å². The second-order valence-corrected chi connectivity index (χ2v) is 4.34. The van der Waals surface area contributed by atoms with E-state index in [1.165, 1.54) is 5.56 Å². The molecule has 1 aromatic carbocycles. The molecule has 0 unspecified atom stereocenters. The Bertz CT molecular complexity index is 342. The molecule has 2 nitrogen and oxygen atoms in total. The number of hydrogen-bond acceptors (Lipinski definition) is 2. The summed E-state index contributed by atoms with van der Waals surface area (Å²) in [5.41, 5.74) is 4.50. The van der Waals surface area contributed by atoms with Crippen LogP contribution in [0.3, 0.4) is 0 Å². The zero-order chi connectivity index (χ0) is 11.9. The van der Waals surface area contributed by atoms with Gasteiger partial charge in [0.2, 0.25) is 0 Å². The summed E-state index contributed by atoms with van der Waals surface area (Å²) in [5.74, 6) is 0. The predicted molar refractivity (Wildman–Crippen MR) is 69.2 cm³/mol. The second kappa shape index (κ2) is 6.52. The van der Waals surface area contributed by atoms with Crippen LogP contribution in [0.1, 0.15) is 18.4 Å². The summed E-state index contributed by atoms with van der Waals surface area (Å²) in [6.07, 6.45) is 4.88. The van der Waals surface area contributed by atoms with Gasteiger partial charge in [-0.15, -0.1) is 0 Å². The lowest BCUT2D eigenvalue weighted by molar-refractivity contribution is 0.109. The van der Waals surface area contributed by atoms with Crippen LogP contribution < -0.4 is 5.43 Å². The summed E-state index contributed by atoms with van der Waals surface area (Å²) < 4.78 is 12.9. The molecule has 17 heavy (non-hydrogen) atoms. The highest BCUT2D eigenvalue weighted by molar-refractivity contribution is 5.48. The van der Waals surface area contributed by atoms with Crippen molar-refractivity contribution in [3.8, 4) is 0 Å². The van der Waals surface area contributed by atoms with E-state index in [1.54, 1.807) is 0 Å². The van der Waals surface area contributed by atoms with Gasteiger partial charge in [-0.25, -0.2) is 9.40 Å². The molecule has 0 atom stereocenters. The Kier molecular flexibility index (Phi) is 4.71. The topological polar surface area (TPSA) is 15.3 Å². The van der Waals surface area contributed by atoms with Crippen molar-refractivity contribution in [2.24, 2.45) is 0 Å². The van der Waals surface area contributed by atoms with Gasteiger partial charge in [0.25, 0.3) is 0 Å². The largest absolute Gasteiger partial charge is 0.251 e. The number of hydrogen-bond donors (Lipinski definition) is 1. The standard InChI is InChI=1S/C14H19FN2/c15-14-8-11-17(12-9-14)16-10-4-7-13-5-2-1-3-6-13/h1-7,14,16H,8-12H2. The smallest absolute Gasteiger partial charge is 0.103 e. The van der Waals surface area contributed by atoms with E-state index in [-0.39, 0.29) is 0 Å². The van der Waals surface area contributed by atoms with Gasteiger partial charge in [-0.3, -0.25) is 5.43 Å². The molecule has 0 saturated carbocycles. The van der Waals surface area contributed by atoms with E-state index in [1.807, 2.05) is 18.2 Å². The summed E-state index contributed by atoms with van der Waals surface area (Å²) in [7, 11) is 0. The molecule has 1 N–H and O–H groups in total. The van der Waals surface area contributed by atoms with Crippen LogP contribution in [0.5, 0.6) is 0 Å². The predicted octanol–water partition coefficient (Wildman–Crippen LogP) is 2.64. The first kappa shape index (κ1) is 12.3. The van der Waals surface area contributed by atoms with Crippen molar-refractivity contribution in [3.05, 3.63) is 42.0 Å². The van der Waals surface area contributed by atoms with E-state index in [2.05, 4.69) is 34.7 Å². The quantitative estimate of drug-likeness (QED) is 0.861. The number of halogens is 1. The third-order valence-electron chi connectivity index (χ3n) is 2.97. The molecule has 0 amide bonds. The summed E-state index contributed by atoms with van der Waals surface area (Å²) in [6, 6.07) is 10.2. The first-order chi connectivity index (χ1) is 8.34. The van der Waals surface area contributed by atoms with Crippen LogP contribution in [0.4, 0.5) is 4.39 Å². The zero-order valence-corrected chi connectivity index (χ0v) is 9.98. The third kappa shape index (κ3) is 4.29.